The number of carbonyl (C=O) groups is 1. The van der Waals surface area contributed by atoms with Gasteiger partial charge in [-0.1, -0.05) is 13.8 Å². The van der Waals surface area contributed by atoms with Gasteiger partial charge in [0.25, 0.3) is 11.6 Å². The van der Waals surface area contributed by atoms with Gasteiger partial charge in [0.15, 0.2) is 0 Å². The lowest BCUT2D eigenvalue weighted by molar-refractivity contribution is -0.385. The Morgan fingerprint density at radius 3 is 2.50 bits per heavy atom. The Bertz CT molecular complexity index is 500. The lowest BCUT2D eigenvalue weighted by Gasteiger charge is -2.16. The molecule has 1 aromatic rings. The molecule has 1 atom stereocenters. The molecule has 0 heterocycles. The molecular formula is C14H21N3O3. The van der Waals surface area contributed by atoms with Crippen LogP contribution in [0.25, 0.3) is 0 Å². The molecule has 1 rings (SSSR count). The minimum absolute atomic E-state index is 0.0275. The maximum absolute atomic E-state index is 12.2. The van der Waals surface area contributed by atoms with Gasteiger partial charge in [-0.15, -0.1) is 0 Å². The van der Waals surface area contributed by atoms with Crippen LogP contribution in [0.1, 0.15) is 37.6 Å². The Hall–Kier alpha value is -2.11. The first-order chi connectivity index (χ1) is 9.35. The third-order valence-corrected chi connectivity index (χ3v) is 2.93. The molecule has 6 heteroatoms. The number of nitrogens with one attached hydrogen (secondary N) is 2. The summed E-state index contributed by atoms with van der Waals surface area (Å²) in [5, 5.41) is 16.7. The monoisotopic (exact) mass is 279 g/mol. The summed E-state index contributed by atoms with van der Waals surface area (Å²) >= 11 is 0. The molecule has 1 amide bonds. The smallest absolute Gasteiger partial charge is 0.282 e. The van der Waals surface area contributed by atoms with Crippen LogP contribution in [-0.4, -0.2) is 23.9 Å². The average molecular weight is 279 g/mol. The van der Waals surface area contributed by atoms with Gasteiger partial charge in [0, 0.05) is 24.8 Å². The van der Waals surface area contributed by atoms with E-state index in [4.69, 9.17) is 0 Å². The largest absolute Gasteiger partial charge is 0.388 e. The first-order valence-electron chi connectivity index (χ1n) is 6.62. The van der Waals surface area contributed by atoms with Gasteiger partial charge in [-0.25, -0.2) is 0 Å². The summed E-state index contributed by atoms with van der Waals surface area (Å²) in [5.41, 5.74) is 0.563. The van der Waals surface area contributed by atoms with Crippen LogP contribution in [0.15, 0.2) is 18.2 Å². The Balaban J connectivity index is 2.98. The van der Waals surface area contributed by atoms with Crippen molar-refractivity contribution < 1.29 is 9.72 Å². The van der Waals surface area contributed by atoms with Crippen LogP contribution >= 0.6 is 0 Å². The maximum atomic E-state index is 12.2. The number of nitro benzene ring substituents is 1. The Morgan fingerprint density at radius 1 is 1.35 bits per heavy atom. The molecule has 0 saturated carbocycles. The van der Waals surface area contributed by atoms with Crippen molar-refractivity contribution in [1.82, 2.24) is 5.32 Å². The van der Waals surface area contributed by atoms with E-state index in [2.05, 4.69) is 24.5 Å². The fourth-order valence-corrected chi connectivity index (χ4v) is 2.10. The molecule has 0 aromatic heterocycles. The summed E-state index contributed by atoms with van der Waals surface area (Å²) < 4.78 is 0. The van der Waals surface area contributed by atoms with Crippen LogP contribution in [0, 0.1) is 16.0 Å². The molecule has 2 N–H and O–H groups in total. The number of benzene rings is 1. The highest BCUT2D eigenvalue weighted by Crippen LogP contribution is 2.22. The molecule has 0 bridgehead atoms. The fraction of sp³-hybridized carbons (Fsp3) is 0.500. The SMILES string of the molecule is CNc1ccc([N+](=O)[O-])c(C(=O)NC(C)CC(C)C)c1. The summed E-state index contributed by atoms with van der Waals surface area (Å²) in [6, 6.07) is 4.39. The van der Waals surface area contributed by atoms with Crippen LogP contribution < -0.4 is 10.6 Å². The number of amides is 1. The van der Waals surface area contributed by atoms with Crippen molar-refractivity contribution >= 4 is 17.3 Å². The second-order valence-corrected chi connectivity index (χ2v) is 5.24. The van der Waals surface area contributed by atoms with Crippen molar-refractivity contribution in [1.29, 1.82) is 0 Å². The van der Waals surface area contributed by atoms with Gasteiger partial charge >= 0.3 is 0 Å². The minimum atomic E-state index is -0.540. The average Bonchev–Trinajstić information content (AvgIpc) is 2.36. The van der Waals surface area contributed by atoms with Crippen molar-refractivity contribution in [3.63, 3.8) is 0 Å². The van der Waals surface area contributed by atoms with E-state index in [1.165, 1.54) is 12.1 Å². The predicted molar refractivity (Wildman–Crippen MR) is 79.0 cm³/mol. The van der Waals surface area contributed by atoms with E-state index >= 15 is 0 Å². The van der Waals surface area contributed by atoms with Crippen LogP contribution in [0.4, 0.5) is 11.4 Å². The van der Waals surface area contributed by atoms with Crippen molar-refractivity contribution in [2.45, 2.75) is 33.2 Å². The molecule has 0 spiro atoms. The normalized spacial score (nSPS) is 12.1. The van der Waals surface area contributed by atoms with E-state index in [1.54, 1.807) is 13.1 Å². The standard InChI is InChI=1S/C14H21N3O3/c1-9(2)7-10(3)16-14(18)12-8-11(15-4)5-6-13(12)17(19)20/h5-6,8-10,15H,7H2,1-4H3,(H,16,18). The van der Waals surface area contributed by atoms with Gasteiger partial charge in [0.1, 0.15) is 5.56 Å². The summed E-state index contributed by atoms with van der Waals surface area (Å²) in [4.78, 5) is 22.6. The molecule has 1 aromatic carbocycles. The quantitative estimate of drug-likeness (QED) is 0.619. The van der Waals surface area contributed by atoms with Gasteiger partial charge in [-0.05, 0) is 31.4 Å². The van der Waals surface area contributed by atoms with Crippen LogP contribution in [0.5, 0.6) is 0 Å². The molecule has 6 nitrogen and oxygen atoms in total. The number of nitro groups is 1. The van der Waals surface area contributed by atoms with Crippen molar-refractivity contribution in [2.24, 2.45) is 5.92 Å². The summed E-state index contributed by atoms with van der Waals surface area (Å²) in [6.07, 6.45) is 0.825. The lowest BCUT2D eigenvalue weighted by atomic mass is 10.0. The first-order valence-corrected chi connectivity index (χ1v) is 6.62. The number of anilines is 1. The number of carbonyl (C=O) groups excluding carboxylic acids is 1. The highest BCUT2D eigenvalue weighted by molar-refractivity contribution is 5.99. The van der Waals surface area contributed by atoms with Crippen LogP contribution in [-0.2, 0) is 0 Å². The van der Waals surface area contributed by atoms with Gasteiger partial charge < -0.3 is 10.6 Å². The predicted octanol–water partition coefficient (Wildman–Crippen LogP) is 2.80. The third-order valence-electron chi connectivity index (χ3n) is 2.93. The zero-order chi connectivity index (χ0) is 15.3. The summed E-state index contributed by atoms with van der Waals surface area (Å²) in [7, 11) is 1.70. The number of hydrogen-bond donors (Lipinski definition) is 2. The lowest BCUT2D eigenvalue weighted by Crippen LogP contribution is -2.33. The molecule has 0 radical (unpaired) electrons. The third kappa shape index (κ3) is 4.22. The molecule has 110 valence electrons. The highest BCUT2D eigenvalue weighted by Gasteiger charge is 2.21. The topological polar surface area (TPSA) is 84.3 Å². The molecule has 1 unspecified atom stereocenters. The molecule has 0 aliphatic carbocycles. The summed E-state index contributed by atoms with van der Waals surface area (Å²) in [6.45, 7) is 6.02. The van der Waals surface area contributed by atoms with Gasteiger partial charge in [0.2, 0.25) is 0 Å². The summed E-state index contributed by atoms with van der Waals surface area (Å²) in [5.74, 6) is 0.0332. The van der Waals surface area contributed by atoms with Crippen molar-refractivity contribution in [3.8, 4) is 0 Å². The number of rotatable bonds is 6. The number of nitrogens with zero attached hydrogens (tertiary/aromatic N) is 1. The Morgan fingerprint density at radius 2 is 2.00 bits per heavy atom. The molecule has 0 aliphatic heterocycles. The Labute approximate surface area is 118 Å². The first kappa shape index (κ1) is 15.9. The molecular weight excluding hydrogens is 258 g/mol. The Kier molecular flexibility index (Phi) is 5.49. The molecule has 0 fully saturated rings. The second-order valence-electron chi connectivity index (χ2n) is 5.24. The van der Waals surface area contributed by atoms with E-state index in [-0.39, 0.29) is 17.3 Å². The zero-order valence-corrected chi connectivity index (χ0v) is 12.3. The van der Waals surface area contributed by atoms with Gasteiger partial charge in [-0.2, -0.15) is 0 Å². The van der Waals surface area contributed by atoms with E-state index in [9.17, 15) is 14.9 Å². The van der Waals surface area contributed by atoms with Gasteiger partial charge in [-0.3, -0.25) is 14.9 Å². The minimum Gasteiger partial charge on any atom is -0.388 e. The van der Waals surface area contributed by atoms with Crippen molar-refractivity contribution in [3.05, 3.63) is 33.9 Å². The van der Waals surface area contributed by atoms with Crippen LogP contribution in [0.2, 0.25) is 0 Å². The zero-order valence-electron chi connectivity index (χ0n) is 12.3. The molecule has 0 saturated heterocycles. The second kappa shape index (κ2) is 6.88. The number of hydrogen-bond acceptors (Lipinski definition) is 4. The molecule has 0 aliphatic rings. The van der Waals surface area contributed by atoms with Crippen LogP contribution in [0.3, 0.4) is 0 Å². The van der Waals surface area contributed by atoms with Gasteiger partial charge in [0.05, 0.1) is 4.92 Å². The molecule has 20 heavy (non-hydrogen) atoms. The maximum Gasteiger partial charge on any atom is 0.282 e. The fourth-order valence-electron chi connectivity index (χ4n) is 2.10. The highest BCUT2D eigenvalue weighted by atomic mass is 16.6. The van der Waals surface area contributed by atoms with E-state index in [1.807, 2.05) is 6.92 Å². The van der Waals surface area contributed by atoms with E-state index in [0.29, 0.717) is 11.6 Å². The van der Waals surface area contributed by atoms with E-state index < -0.39 is 10.8 Å². The van der Waals surface area contributed by atoms with E-state index in [0.717, 1.165) is 6.42 Å². The van der Waals surface area contributed by atoms with Crippen molar-refractivity contribution in [2.75, 3.05) is 12.4 Å².